The van der Waals surface area contributed by atoms with Gasteiger partial charge in [-0.3, -0.25) is 9.79 Å². The van der Waals surface area contributed by atoms with Crippen molar-refractivity contribution in [3.05, 3.63) is 84.4 Å². The van der Waals surface area contributed by atoms with Crippen LogP contribution in [-0.4, -0.2) is 32.1 Å². The highest BCUT2D eigenvalue weighted by atomic mass is 16.5. The van der Waals surface area contributed by atoms with E-state index in [1.54, 1.807) is 31.4 Å². The molecule has 3 aromatic carbocycles. The average Bonchev–Trinajstić information content (AvgIpc) is 2.77. The molecule has 0 bridgehead atoms. The fraction of sp³-hybridized carbons (Fsp3) is 0.130. The molecule has 3 aromatic rings. The Balaban J connectivity index is 1.46. The molecule has 0 unspecified atom stereocenters. The molecule has 0 saturated heterocycles. The lowest BCUT2D eigenvalue weighted by Gasteiger charge is -2.09. The monoisotopic (exact) mass is 404 g/mol. The van der Waals surface area contributed by atoms with Crippen LogP contribution in [0, 0.1) is 0 Å². The van der Waals surface area contributed by atoms with Gasteiger partial charge in [-0.25, -0.2) is 0 Å². The van der Waals surface area contributed by atoms with Crippen LogP contribution in [0.4, 0.5) is 5.69 Å². The molecule has 0 heterocycles. The minimum absolute atomic E-state index is 0.176. The third-order valence-corrected chi connectivity index (χ3v) is 4.12. The molecule has 0 saturated carbocycles. The van der Waals surface area contributed by atoms with Crippen molar-refractivity contribution in [3.8, 4) is 17.2 Å². The molecule has 30 heavy (non-hydrogen) atoms. The van der Waals surface area contributed by atoms with Gasteiger partial charge >= 0.3 is 0 Å². The number of carbonyl (C=O) groups excluding carboxylic acids is 1. The zero-order valence-corrected chi connectivity index (χ0v) is 16.7. The van der Waals surface area contributed by atoms with Gasteiger partial charge in [0.25, 0.3) is 5.91 Å². The summed E-state index contributed by atoms with van der Waals surface area (Å²) in [5.41, 5.74) is 7.25. The number of carbonyl (C=O) groups is 1. The van der Waals surface area contributed by atoms with Crippen molar-refractivity contribution >= 4 is 17.6 Å². The molecule has 0 aliphatic rings. The summed E-state index contributed by atoms with van der Waals surface area (Å²) in [6.45, 7) is 0.714. The third-order valence-electron chi connectivity index (χ3n) is 4.12. The van der Waals surface area contributed by atoms with Crippen molar-refractivity contribution in [2.75, 3.05) is 25.5 Å². The Morgan fingerprint density at radius 3 is 2.40 bits per heavy atom. The number of amides is 1. The van der Waals surface area contributed by atoms with Crippen LogP contribution in [0.5, 0.6) is 17.2 Å². The number of para-hydroxylation sites is 1. The number of ether oxygens (including phenoxy) is 2. The summed E-state index contributed by atoms with van der Waals surface area (Å²) in [4.78, 5) is 16.3. The van der Waals surface area contributed by atoms with Crippen molar-refractivity contribution in [2.24, 2.45) is 10.7 Å². The van der Waals surface area contributed by atoms with E-state index in [1.807, 2.05) is 54.6 Å². The summed E-state index contributed by atoms with van der Waals surface area (Å²) >= 11 is 0. The second-order valence-corrected chi connectivity index (χ2v) is 6.32. The maximum Gasteiger partial charge on any atom is 0.251 e. The van der Waals surface area contributed by atoms with E-state index < -0.39 is 0 Å². The molecular weight excluding hydrogens is 380 g/mol. The molecule has 7 nitrogen and oxygen atoms in total. The van der Waals surface area contributed by atoms with Crippen molar-refractivity contribution in [1.29, 1.82) is 0 Å². The maximum atomic E-state index is 12.1. The van der Waals surface area contributed by atoms with E-state index in [0.717, 1.165) is 11.4 Å². The molecule has 0 aliphatic heterocycles. The summed E-state index contributed by atoms with van der Waals surface area (Å²) in [6, 6.07) is 23.8. The van der Waals surface area contributed by atoms with Gasteiger partial charge in [-0.2, -0.15) is 0 Å². The number of methoxy groups -OCH3 is 1. The summed E-state index contributed by atoms with van der Waals surface area (Å²) < 4.78 is 10.9. The number of rotatable bonds is 8. The van der Waals surface area contributed by atoms with Crippen LogP contribution in [-0.2, 0) is 0 Å². The number of nitrogens with two attached hydrogens (primary N) is 1. The van der Waals surface area contributed by atoms with E-state index >= 15 is 0 Å². The molecule has 154 valence electrons. The molecule has 1 amide bonds. The second-order valence-electron chi connectivity index (χ2n) is 6.32. The van der Waals surface area contributed by atoms with Gasteiger partial charge in [-0.05, 0) is 48.5 Å². The van der Waals surface area contributed by atoms with Crippen LogP contribution in [0.25, 0.3) is 0 Å². The number of nitrogens with one attached hydrogen (secondary N) is 2. The molecule has 0 spiro atoms. The molecule has 7 heteroatoms. The zero-order valence-electron chi connectivity index (χ0n) is 16.7. The van der Waals surface area contributed by atoms with Gasteiger partial charge in [0.15, 0.2) is 5.96 Å². The highest BCUT2D eigenvalue weighted by Gasteiger charge is 2.05. The summed E-state index contributed by atoms with van der Waals surface area (Å²) in [7, 11) is 1.58. The van der Waals surface area contributed by atoms with Crippen LogP contribution in [0.2, 0.25) is 0 Å². The fourth-order valence-electron chi connectivity index (χ4n) is 2.64. The fourth-order valence-corrected chi connectivity index (χ4v) is 2.64. The molecule has 0 aliphatic carbocycles. The first-order valence-electron chi connectivity index (χ1n) is 9.46. The molecule has 0 fully saturated rings. The number of hydrogen-bond acceptors (Lipinski definition) is 4. The van der Waals surface area contributed by atoms with Crippen LogP contribution in [0.1, 0.15) is 10.4 Å². The standard InChI is InChI=1S/C23H24N4O3/c1-29-19-12-10-17(11-13-19)22(28)25-14-15-26-23(24)27-18-6-5-9-21(16-18)30-20-7-3-2-4-8-20/h2-13,16H,14-15H2,1H3,(H,25,28)(H3,24,26,27). The highest BCUT2D eigenvalue weighted by molar-refractivity contribution is 5.94. The quantitative estimate of drug-likeness (QED) is 0.302. The van der Waals surface area contributed by atoms with Gasteiger partial charge in [0.05, 0.1) is 13.7 Å². The van der Waals surface area contributed by atoms with E-state index in [2.05, 4.69) is 15.6 Å². The number of nitrogens with zero attached hydrogens (tertiary/aromatic N) is 1. The smallest absolute Gasteiger partial charge is 0.251 e. The van der Waals surface area contributed by atoms with Crippen molar-refractivity contribution in [1.82, 2.24) is 5.32 Å². The summed E-state index contributed by atoms with van der Waals surface area (Å²) in [5.74, 6) is 2.22. The Morgan fingerprint density at radius 1 is 0.933 bits per heavy atom. The first-order valence-corrected chi connectivity index (χ1v) is 9.46. The highest BCUT2D eigenvalue weighted by Crippen LogP contribution is 2.23. The maximum absolute atomic E-state index is 12.1. The second kappa shape index (κ2) is 10.5. The van der Waals surface area contributed by atoms with Crippen molar-refractivity contribution in [3.63, 3.8) is 0 Å². The van der Waals surface area contributed by atoms with Crippen molar-refractivity contribution < 1.29 is 14.3 Å². The van der Waals surface area contributed by atoms with Crippen LogP contribution in [0.3, 0.4) is 0 Å². The molecule has 0 atom stereocenters. The van der Waals surface area contributed by atoms with E-state index in [1.165, 1.54) is 0 Å². The van der Waals surface area contributed by atoms with Gasteiger partial charge in [0.2, 0.25) is 0 Å². The lowest BCUT2D eigenvalue weighted by atomic mass is 10.2. The molecule has 0 radical (unpaired) electrons. The Hall–Kier alpha value is -4.00. The Bertz CT molecular complexity index is 989. The van der Waals surface area contributed by atoms with Gasteiger partial charge in [0, 0.05) is 23.9 Å². The number of hydrogen-bond donors (Lipinski definition) is 3. The van der Waals surface area contributed by atoms with Crippen molar-refractivity contribution in [2.45, 2.75) is 0 Å². The number of guanidine groups is 1. The minimum Gasteiger partial charge on any atom is -0.497 e. The van der Waals surface area contributed by atoms with Gasteiger partial charge in [-0.1, -0.05) is 24.3 Å². The van der Waals surface area contributed by atoms with Crippen LogP contribution < -0.4 is 25.8 Å². The Morgan fingerprint density at radius 2 is 1.67 bits per heavy atom. The first-order chi connectivity index (χ1) is 14.6. The average molecular weight is 404 g/mol. The summed E-state index contributed by atoms with van der Waals surface area (Å²) in [5, 5.41) is 5.82. The van der Waals surface area contributed by atoms with E-state index in [-0.39, 0.29) is 11.9 Å². The predicted molar refractivity (Wildman–Crippen MR) is 118 cm³/mol. The van der Waals surface area contributed by atoms with E-state index in [4.69, 9.17) is 15.2 Å². The topological polar surface area (TPSA) is 98.0 Å². The number of aliphatic imine (C=N–C) groups is 1. The Labute approximate surface area is 175 Å². The SMILES string of the molecule is COc1ccc(C(=O)NCCN=C(N)Nc2cccc(Oc3ccccc3)c2)cc1. The normalized spacial score (nSPS) is 10.9. The number of benzene rings is 3. The predicted octanol–water partition coefficient (Wildman–Crippen LogP) is 3.64. The zero-order chi connectivity index (χ0) is 21.2. The van der Waals surface area contributed by atoms with E-state index in [0.29, 0.717) is 30.2 Å². The molecule has 4 N–H and O–H groups in total. The van der Waals surface area contributed by atoms with E-state index in [9.17, 15) is 4.79 Å². The molecule has 3 rings (SSSR count). The van der Waals surface area contributed by atoms with Crippen LogP contribution >= 0.6 is 0 Å². The van der Waals surface area contributed by atoms with Gasteiger partial charge in [-0.15, -0.1) is 0 Å². The largest absolute Gasteiger partial charge is 0.497 e. The summed E-state index contributed by atoms with van der Waals surface area (Å²) in [6.07, 6.45) is 0. The molecule has 0 aromatic heterocycles. The first kappa shape index (κ1) is 20.7. The Kier molecular flexibility index (Phi) is 7.27. The minimum atomic E-state index is -0.176. The number of anilines is 1. The van der Waals surface area contributed by atoms with Crippen LogP contribution in [0.15, 0.2) is 83.9 Å². The van der Waals surface area contributed by atoms with Gasteiger partial charge < -0.3 is 25.8 Å². The third kappa shape index (κ3) is 6.27. The molecular formula is C23H24N4O3. The lowest BCUT2D eigenvalue weighted by Crippen LogP contribution is -2.28. The lowest BCUT2D eigenvalue weighted by molar-refractivity contribution is 0.0955. The van der Waals surface area contributed by atoms with Gasteiger partial charge in [0.1, 0.15) is 17.2 Å².